The van der Waals surface area contributed by atoms with E-state index < -0.39 is 0 Å². The third kappa shape index (κ3) is 3.96. The Bertz CT molecular complexity index is 771. The van der Waals surface area contributed by atoms with Gasteiger partial charge in [0.15, 0.2) is 0 Å². The molecule has 1 aliphatic rings. The first-order valence-corrected chi connectivity index (χ1v) is 9.37. The number of benzene rings is 1. The number of amides is 2. The van der Waals surface area contributed by atoms with Gasteiger partial charge in [-0.25, -0.2) is 0 Å². The van der Waals surface area contributed by atoms with Crippen molar-refractivity contribution in [2.45, 2.75) is 13.0 Å². The standard InChI is InChI=1S/C20H22N2O3S/c1-3-10-21(14-18-5-4-11-26-18)20(24)15-12-19(23)22(13-15)16-6-8-17(25-2)9-7-16/h3-9,11,15H,1,10,12-14H2,2H3/t15-/m0/s1. The van der Waals surface area contributed by atoms with Gasteiger partial charge in [0.2, 0.25) is 11.8 Å². The number of anilines is 1. The summed E-state index contributed by atoms with van der Waals surface area (Å²) >= 11 is 1.62. The SMILES string of the molecule is C=CCN(Cc1cccs1)C(=O)[C@H]1CC(=O)N(c2ccc(OC)cc2)C1. The minimum absolute atomic E-state index is 0.00246. The minimum atomic E-state index is -0.329. The number of nitrogens with zero attached hydrogens (tertiary/aromatic N) is 2. The minimum Gasteiger partial charge on any atom is -0.497 e. The first kappa shape index (κ1) is 18.2. The van der Waals surface area contributed by atoms with Gasteiger partial charge >= 0.3 is 0 Å². The fraction of sp³-hybridized carbons (Fsp3) is 0.300. The molecule has 0 radical (unpaired) electrons. The predicted octanol–water partition coefficient (Wildman–Crippen LogP) is 3.32. The van der Waals surface area contributed by atoms with Crippen LogP contribution >= 0.6 is 11.3 Å². The molecular weight excluding hydrogens is 348 g/mol. The molecule has 1 aromatic heterocycles. The number of methoxy groups -OCH3 is 1. The average molecular weight is 370 g/mol. The summed E-state index contributed by atoms with van der Waals surface area (Å²) in [5.74, 6) is 0.386. The molecule has 3 rings (SSSR count). The second-order valence-corrected chi connectivity index (χ2v) is 7.22. The Kier molecular flexibility index (Phi) is 5.73. The van der Waals surface area contributed by atoms with Crippen molar-refractivity contribution in [2.75, 3.05) is 25.1 Å². The lowest BCUT2D eigenvalue weighted by molar-refractivity contribution is -0.135. The third-order valence-electron chi connectivity index (χ3n) is 4.45. The number of carbonyl (C=O) groups is 2. The van der Waals surface area contributed by atoms with Crippen LogP contribution in [0.25, 0.3) is 0 Å². The van der Waals surface area contributed by atoms with Crippen LogP contribution in [0.2, 0.25) is 0 Å². The fourth-order valence-corrected chi connectivity index (χ4v) is 3.84. The summed E-state index contributed by atoms with van der Waals surface area (Å²) in [5, 5.41) is 2.00. The Hall–Kier alpha value is -2.60. The van der Waals surface area contributed by atoms with E-state index in [2.05, 4.69) is 6.58 Å². The first-order valence-electron chi connectivity index (χ1n) is 8.49. The van der Waals surface area contributed by atoms with E-state index in [-0.39, 0.29) is 24.2 Å². The molecule has 0 unspecified atom stereocenters. The molecule has 136 valence electrons. The molecule has 2 heterocycles. The van der Waals surface area contributed by atoms with Gasteiger partial charge in [0, 0.05) is 30.1 Å². The Labute approximate surface area is 157 Å². The number of thiophene rings is 1. The molecule has 2 aromatic rings. The molecule has 0 bridgehead atoms. The lowest BCUT2D eigenvalue weighted by atomic mass is 10.1. The second kappa shape index (κ2) is 8.19. The van der Waals surface area contributed by atoms with Gasteiger partial charge < -0.3 is 14.5 Å². The van der Waals surface area contributed by atoms with E-state index in [1.807, 2.05) is 41.8 Å². The molecule has 26 heavy (non-hydrogen) atoms. The molecule has 1 saturated heterocycles. The summed E-state index contributed by atoms with van der Waals surface area (Å²) in [7, 11) is 1.60. The number of rotatable bonds is 7. The third-order valence-corrected chi connectivity index (χ3v) is 5.31. The molecule has 1 fully saturated rings. The van der Waals surface area contributed by atoms with Crippen LogP contribution in [0.3, 0.4) is 0 Å². The molecule has 0 saturated carbocycles. The number of carbonyl (C=O) groups excluding carboxylic acids is 2. The van der Waals surface area contributed by atoms with Crippen LogP contribution in [-0.4, -0.2) is 36.9 Å². The maximum atomic E-state index is 13.0. The maximum Gasteiger partial charge on any atom is 0.228 e. The quantitative estimate of drug-likeness (QED) is 0.703. The van der Waals surface area contributed by atoms with Crippen LogP contribution in [0.5, 0.6) is 5.75 Å². The van der Waals surface area contributed by atoms with E-state index in [1.165, 1.54) is 0 Å². The van der Waals surface area contributed by atoms with Crippen LogP contribution < -0.4 is 9.64 Å². The Morgan fingerprint density at radius 2 is 2.15 bits per heavy atom. The molecule has 6 heteroatoms. The van der Waals surface area contributed by atoms with E-state index in [0.717, 1.165) is 16.3 Å². The number of hydrogen-bond donors (Lipinski definition) is 0. The zero-order valence-electron chi connectivity index (χ0n) is 14.8. The van der Waals surface area contributed by atoms with Gasteiger partial charge in [-0.2, -0.15) is 0 Å². The Morgan fingerprint density at radius 3 is 2.77 bits per heavy atom. The van der Waals surface area contributed by atoms with Gasteiger partial charge in [0.1, 0.15) is 5.75 Å². The lowest BCUT2D eigenvalue weighted by Crippen LogP contribution is -2.37. The number of ether oxygens (including phenoxy) is 1. The van der Waals surface area contributed by atoms with Crippen molar-refractivity contribution in [3.05, 3.63) is 59.3 Å². The molecule has 0 aliphatic carbocycles. The van der Waals surface area contributed by atoms with Crippen LogP contribution in [0.1, 0.15) is 11.3 Å². The van der Waals surface area contributed by atoms with Crippen molar-refractivity contribution in [3.8, 4) is 5.75 Å². The number of hydrogen-bond acceptors (Lipinski definition) is 4. The highest BCUT2D eigenvalue weighted by Crippen LogP contribution is 2.28. The van der Waals surface area contributed by atoms with E-state index in [9.17, 15) is 9.59 Å². The van der Waals surface area contributed by atoms with E-state index in [4.69, 9.17) is 4.74 Å². The molecule has 2 amide bonds. The van der Waals surface area contributed by atoms with Gasteiger partial charge in [-0.05, 0) is 35.7 Å². The Morgan fingerprint density at radius 1 is 1.38 bits per heavy atom. The van der Waals surface area contributed by atoms with E-state index in [0.29, 0.717) is 19.6 Å². The van der Waals surface area contributed by atoms with Crippen LogP contribution in [-0.2, 0) is 16.1 Å². The van der Waals surface area contributed by atoms with Gasteiger partial charge in [-0.3, -0.25) is 9.59 Å². The highest BCUT2D eigenvalue weighted by Gasteiger charge is 2.37. The lowest BCUT2D eigenvalue weighted by Gasteiger charge is -2.24. The molecule has 0 N–H and O–H groups in total. The normalized spacial score (nSPS) is 16.6. The van der Waals surface area contributed by atoms with Crippen molar-refractivity contribution < 1.29 is 14.3 Å². The van der Waals surface area contributed by atoms with Gasteiger partial charge in [0.05, 0.1) is 19.6 Å². The maximum absolute atomic E-state index is 13.0. The molecule has 1 aromatic carbocycles. The second-order valence-electron chi connectivity index (χ2n) is 6.19. The molecule has 5 nitrogen and oxygen atoms in total. The highest BCUT2D eigenvalue weighted by atomic mass is 32.1. The van der Waals surface area contributed by atoms with Crippen molar-refractivity contribution in [3.63, 3.8) is 0 Å². The summed E-state index contributed by atoms with van der Waals surface area (Å²) in [4.78, 5) is 30.0. The molecule has 0 spiro atoms. The van der Waals surface area contributed by atoms with Crippen molar-refractivity contribution >= 4 is 28.8 Å². The summed E-state index contributed by atoms with van der Waals surface area (Å²) in [6.07, 6.45) is 1.96. The largest absolute Gasteiger partial charge is 0.497 e. The van der Waals surface area contributed by atoms with E-state index >= 15 is 0 Å². The monoisotopic (exact) mass is 370 g/mol. The summed E-state index contributed by atoms with van der Waals surface area (Å²) in [6, 6.07) is 11.3. The fourth-order valence-electron chi connectivity index (χ4n) is 3.12. The van der Waals surface area contributed by atoms with Crippen LogP contribution in [0, 0.1) is 5.92 Å². The van der Waals surface area contributed by atoms with Gasteiger partial charge in [0.25, 0.3) is 0 Å². The van der Waals surface area contributed by atoms with Crippen molar-refractivity contribution in [1.82, 2.24) is 4.90 Å². The zero-order valence-corrected chi connectivity index (χ0v) is 15.6. The van der Waals surface area contributed by atoms with Crippen LogP contribution in [0.15, 0.2) is 54.4 Å². The summed E-state index contributed by atoms with van der Waals surface area (Å²) in [6.45, 7) is 5.19. The van der Waals surface area contributed by atoms with E-state index in [1.54, 1.807) is 34.3 Å². The van der Waals surface area contributed by atoms with Gasteiger partial charge in [-0.15, -0.1) is 17.9 Å². The molecule has 1 atom stereocenters. The topological polar surface area (TPSA) is 49.9 Å². The molecular formula is C20H22N2O3S. The average Bonchev–Trinajstić information content (AvgIpc) is 3.30. The van der Waals surface area contributed by atoms with Crippen LogP contribution in [0.4, 0.5) is 5.69 Å². The summed E-state index contributed by atoms with van der Waals surface area (Å²) in [5.41, 5.74) is 0.791. The van der Waals surface area contributed by atoms with Gasteiger partial charge in [-0.1, -0.05) is 12.1 Å². The summed E-state index contributed by atoms with van der Waals surface area (Å²) < 4.78 is 5.15. The molecule has 1 aliphatic heterocycles. The zero-order chi connectivity index (χ0) is 18.5. The van der Waals surface area contributed by atoms with Crippen molar-refractivity contribution in [1.29, 1.82) is 0 Å². The Balaban J connectivity index is 1.70. The van der Waals surface area contributed by atoms with Crippen molar-refractivity contribution in [2.24, 2.45) is 5.92 Å². The highest BCUT2D eigenvalue weighted by molar-refractivity contribution is 7.09. The predicted molar refractivity (Wildman–Crippen MR) is 103 cm³/mol. The first-order chi connectivity index (χ1) is 12.6. The smallest absolute Gasteiger partial charge is 0.228 e.